The molecule has 0 radical (unpaired) electrons. The van der Waals surface area contributed by atoms with Gasteiger partial charge in [0.15, 0.2) is 0 Å². The van der Waals surface area contributed by atoms with Crippen molar-refractivity contribution in [2.45, 2.75) is 38.6 Å². The van der Waals surface area contributed by atoms with Gasteiger partial charge in [-0.05, 0) is 32.2 Å². The van der Waals surface area contributed by atoms with Crippen molar-refractivity contribution in [1.82, 2.24) is 10.3 Å². The summed E-state index contributed by atoms with van der Waals surface area (Å²) in [6.07, 6.45) is 3.66. The minimum absolute atomic E-state index is 0.0520. The van der Waals surface area contributed by atoms with Crippen molar-refractivity contribution in [3.63, 3.8) is 0 Å². The minimum Gasteiger partial charge on any atom is -0.353 e. The van der Waals surface area contributed by atoms with Crippen LogP contribution in [0.5, 0.6) is 0 Å². The summed E-state index contributed by atoms with van der Waals surface area (Å²) in [7, 11) is 0. The Bertz CT molecular complexity index is 665. The van der Waals surface area contributed by atoms with Gasteiger partial charge in [-0.25, -0.2) is 4.98 Å². The fourth-order valence-electron chi connectivity index (χ4n) is 3.15. The fraction of sp³-hybridized carbons (Fsp3) is 0.444. The Kier molecular flexibility index (Phi) is 5.08. The van der Waals surface area contributed by atoms with Gasteiger partial charge in [0.1, 0.15) is 5.01 Å². The lowest BCUT2D eigenvalue weighted by Gasteiger charge is -2.19. The Balaban J connectivity index is 1.60. The summed E-state index contributed by atoms with van der Waals surface area (Å²) in [6, 6.07) is 8.54. The molecule has 1 heterocycles. The number of carbonyl (C=O) groups excluding carboxylic acids is 1. The van der Waals surface area contributed by atoms with Crippen LogP contribution in [0.4, 0.5) is 0 Å². The lowest BCUT2D eigenvalue weighted by molar-refractivity contribution is -0.121. The monoisotopic (exact) mass is 329 g/mol. The second-order valence-corrected chi connectivity index (χ2v) is 7.15. The lowest BCUT2D eigenvalue weighted by Crippen LogP contribution is -2.40. The first-order valence-corrected chi connectivity index (χ1v) is 9.04. The molecule has 1 aromatic heterocycles. The van der Waals surface area contributed by atoms with Gasteiger partial charge in [0, 0.05) is 17.0 Å². The standard InChI is InChI=1S/C18H23N3OS/c1-12-5-7-13(8-6-12)18-20-15(11-23-18)9-17(22)21-16-4-2-3-14(16)10-19/h5-8,11,14,16H,2-4,9-10,19H2,1H3,(H,21,22). The van der Waals surface area contributed by atoms with Crippen LogP contribution in [0.15, 0.2) is 29.6 Å². The van der Waals surface area contributed by atoms with Gasteiger partial charge in [-0.1, -0.05) is 36.2 Å². The summed E-state index contributed by atoms with van der Waals surface area (Å²) in [4.78, 5) is 16.8. The first-order chi connectivity index (χ1) is 11.2. The van der Waals surface area contributed by atoms with E-state index >= 15 is 0 Å². The molecule has 3 rings (SSSR count). The molecule has 1 saturated carbocycles. The summed E-state index contributed by atoms with van der Waals surface area (Å²) in [5.41, 5.74) is 8.94. The van der Waals surface area contributed by atoms with Crippen LogP contribution in [0.3, 0.4) is 0 Å². The van der Waals surface area contributed by atoms with Crippen LogP contribution in [0.1, 0.15) is 30.5 Å². The van der Waals surface area contributed by atoms with Crippen molar-refractivity contribution in [2.24, 2.45) is 11.7 Å². The second kappa shape index (κ2) is 7.23. The maximum absolute atomic E-state index is 12.2. The van der Waals surface area contributed by atoms with Crippen LogP contribution in [0.25, 0.3) is 10.6 Å². The van der Waals surface area contributed by atoms with E-state index in [1.165, 1.54) is 5.56 Å². The highest BCUT2D eigenvalue weighted by Gasteiger charge is 2.27. The Morgan fingerprint density at radius 1 is 1.35 bits per heavy atom. The number of benzene rings is 1. The zero-order chi connectivity index (χ0) is 16.2. The first kappa shape index (κ1) is 16.1. The Hall–Kier alpha value is -1.72. The molecule has 0 spiro atoms. The third-order valence-electron chi connectivity index (χ3n) is 4.50. The lowest BCUT2D eigenvalue weighted by atomic mass is 10.0. The van der Waals surface area contributed by atoms with Crippen LogP contribution >= 0.6 is 11.3 Å². The van der Waals surface area contributed by atoms with Gasteiger partial charge in [0.25, 0.3) is 0 Å². The molecule has 5 heteroatoms. The van der Waals surface area contributed by atoms with E-state index in [-0.39, 0.29) is 11.9 Å². The molecule has 0 aliphatic heterocycles. The van der Waals surface area contributed by atoms with Gasteiger partial charge in [0.05, 0.1) is 12.1 Å². The number of nitrogens with zero attached hydrogens (tertiary/aromatic N) is 1. The molecular formula is C18H23N3OS. The minimum atomic E-state index is 0.0520. The van der Waals surface area contributed by atoms with Crippen molar-refractivity contribution in [3.8, 4) is 10.6 Å². The molecule has 1 aromatic carbocycles. The van der Waals surface area contributed by atoms with Crippen LogP contribution in [0, 0.1) is 12.8 Å². The van der Waals surface area contributed by atoms with Gasteiger partial charge in [0.2, 0.25) is 5.91 Å². The van der Waals surface area contributed by atoms with E-state index < -0.39 is 0 Å². The third kappa shape index (κ3) is 3.98. The normalized spacial score (nSPS) is 20.6. The molecule has 1 aliphatic rings. The van der Waals surface area contributed by atoms with Crippen LogP contribution in [-0.4, -0.2) is 23.5 Å². The van der Waals surface area contributed by atoms with Gasteiger partial charge in [-0.15, -0.1) is 11.3 Å². The second-order valence-electron chi connectivity index (χ2n) is 6.29. The van der Waals surface area contributed by atoms with Gasteiger partial charge >= 0.3 is 0 Å². The molecule has 122 valence electrons. The Morgan fingerprint density at radius 2 is 2.13 bits per heavy atom. The number of thiazole rings is 1. The van der Waals surface area contributed by atoms with E-state index in [9.17, 15) is 4.79 Å². The maximum atomic E-state index is 12.2. The summed E-state index contributed by atoms with van der Waals surface area (Å²) in [6.45, 7) is 2.72. The van der Waals surface area contributed by atoms with Gasteiger partial charge in [-0.3, -0.25) is 4.79 Å². The largest absolute Gasteiger partial charge is 0.353 e. The van der Waals surface area contributed by atoms with Crippen LogP contribution in [-0.2, 0) is 11.2 Å². The topological polar surface area (TPSA) is 68.0 Å². The number of rotatable bonds is 5. The van der Waals surface area contributed by atoms with E-state index in [4.69, 9.17) is 5.73 Å². The van der Waals surface area contributed by atoms with Crippen molar-refractivity contribution in [3.05, 3.63) is 40.9 Å². The summed E-state index contributed by atoms with van der Waals surface area (Å²) in [5, 5.41) is 6.07. The Labute approximate surface area is 141 Å². The predicted molar refractivity (Wildman–Crippen MR) is 94.3 cm³/mol. The number of hydrogen-bond donors (Lipinski definition) is 2. The van der Waals surface area contributed by atoms with E-state index in [0.717, 1.165) is 35.5 Å². The fourth-order valence-corrected chi connectivity index (χ4v) is 3.97. The number of aryl methyl sites for hydroxylation is 1. The Morgan fingerprint density at radius 3 is 2.87 bits per heavy atom. The number of hydrogen-bond acceptors (Lipinski definition) is 4. The number of nitrogens with two attached hydrogens (primary N) is 1. The molecule has 1 fully saturated rings. The zero-order valence-corrected chi connectivity index (χ0v) is 14.2. The number of aromatic nitrogens is 1. The molecule has 0 saturated heterocycles. The number of nitrogens with one attached hydrogen (secondary N) is 1. The smallest absolute Gasteiger partial charge is 0.226 e. The molecule has 1 amide bonds. The van der Waals surface area contributed by atoms with Gasteiger partial charge in [-0.2, -0.15) is 0 Å². The number of amides is 1. The van der Waals surface area contributed by atoms with Crippen molar-refractivity contribution >= 4 is 17.2 Å². The molecule has 1 aliphatic carbocycles. The maximum Gasteiger partial charge on any atom is 0.226 e. The zero-order valence-electron chi connectivity index (χ0n) is 13.4. The average molecular weight is 329 g/mol. The van der Waals surface area contributed by atoms with E-state index in [1.807, 2.05) is 5.38 Å². The molecule has 2 aromatic rings. The highest BCUT2D eigenvalue weighted by Crippen LogP contribution is 2.26. The molecule has 2 unspecified atom stereocenters. The quantitative estimate of drug-likeness (QED) is 0.886. The van der Waals surface area contributed by atoms with E-state index in [2.05, 4.69) is 41.5 Å². The first-order valence-electron chi connectivity index (χ1n) is 8.16. The van der Waals surface area contributed by atoms with Crippen molar-refractivity contribution in [1.29, 1.82) is 0 Å². The molecule has 23 heavy (non-hydrogen) atoms. The van der Waals surface area contributed by atoms with E-state index in [1.54, 1.807) is 11.3 Å². The van der Waals surface area contributed by atoms with Crippen LogP contribution < -0.4 is 11.1 Å². The molecule has 0 bridgehead atoms. The highest BCUT2D eigenvalue weighted by atomic mass is 32.1. The summed E-state index contributed by atoms with van der Waals surface area (Å²) in [5.74, 6) is 0.480. The molecule has 4 nitrogen and oxygen atoms in total. The van der Waals surface area contributed by atoms with Crippen molar-refractivity contribution in [2.75, 3.05) is 6.54 Å². The highest BCUT2D eigenvalue weighted by molar-refractivity contribution is 7.13. The van der Waals surface area contributed by atoms with Gasteiger partial charge < -0.3 is 11.1 Å². The predicted octanol–water partition coefficient (Wildman–Crippen LogP) is 2.90. The summed E-state index contributed by atoms with van der Waals surface area (Å²) >= 11 is 1.59. The molecule has 3 N–H and O–H groups in total. The van der Waals surface area contributed by atoms with E-state index in [0.29, 0.717) is 18.9 Å². The van der Waals surface area contributed by atoms with Crippen LogP contribution in [0.2, 0.25) is 0 Å². The SMILES string of the molecule is Cc1ccc(-c2nc(CC(=O)NC3CCCC3CN)cs2)cc1. The third-order valence-corrected chi connectivity index (χ3v) is 5.44. The van der Waals surface area contributed by atoms with Crippen molar-refractivity contribution < 1.29 is 4.79 Å². The molecular weight excluding hydrogens is 306 g/mol. The average Bonchev–Trinajstić information content (AvgIpc) is 3.17. The number of carbonyl (C=O) groups is 1. The summed E-state index contributed by atoms with van der Waals surface area (Å²) < 4.78 is 0. The molecule has 2 atom stereocenters.